The van der Waals surface area contributed by atoms with E-state index < -0.39 is 0 Å². The van der Waals surface area contributed by atoms with Crippen LogP contribution in [-0.4, -0.2) is 24.2 Å². The Morgan fingerprint density at radius 2 is 1.74 bits per heavy atom. The SMILES string of the molecule is CCC(C)c1ccnc(OC)c1.COc1cncc(C(C)C)c1. The van der Waals surface area contributed by atoms with Gasteiger partial charge in [0.2, 0.25) is 5.88 Å². The van der Waals surface area contributed by atoms with E-state index in [1.165, 1.54) is 11.1 Å². The van der Waals surface area contributed by atoms with Crippen LogP contribution in [0.1, 0.15) is 57.1 Å². The van der Waals surface area contributed by atoms with Crippen molar-refractivity contribution in [2.75, 3.05) is 14.2 Å². The van der Waals surface area contributed by atoms with E-state index in [9.17, 15) is 0 Å². The van der Waals surface area contributed by atoms with Crippen molar-refractivity contribution in [1.29, 1.82) is 0 Å². The van der Waals surface area contributed by atoms with E-state index in [2.05, 4.69) is 37.7 Å². The van der Waals surface area contributed by atoms with Crippen molar-refractivity contribution < 1.29 is 9.47 Å². The first-order valence-corrected chi connectivity index (χ1v) is 8.00. The highest BCUT2D eigenvalue weighted by molar-refractivity contribution is 5.25. The van der Waals surface area contributed by atoms with E-state index >= 15 is 0 Å². The first-order chi connectivity index (χ1) is 11.0. The maximum atomic E-state index is 5.04. The number of hydrogen-bond donors (Lipinski definition) is 0. The predicted octanol–water partition coefficient (Wildman–Crippen LogP) is 4.82. The van der Waals surface area contributed by atoms with Gasteiger partial charge in [0, 0.05) is 18.5 Å². The molecule has 1 atom stereocenters. The fraction of sp³-hybridized carbons (Fsp3) is 0.474. The monoisotopic (exact) mass is 316 g/mol. The van der Waals surface area contributed by atoms with Gasteiger partial charge in [0.1, 0.15) is 5.75 Å². The van der Waals surface area contributed by atoms with Gasteiger partial charge in [-0.05, 0) is 41.5 Å². The maximum Gasteiger partial charge on any atom is 0.213 e. The Kier molecular flexibility index (Phi) is 8.09. The molecule has 0 amide bonds. The van der Waals surface area contributed by atoms with Crippen LogP contribution in [0.3, 0.4) is 0 Å². The van der Waals surface area contributed by atoms with Gasteiger partial charge in [-0.15, -0.1) is 0 Å². The highest BCUT2D eigenvalue weighted by atomic mass is 16.5. The minimum Gasteiger partial charge on any atom is -0.495 e. The summed E-state index contributed by atoms with van der Waals surface area (Å²) in [5.41, 5.74) is 2.51. The third-order valence-corrected chi connectivity index (χ3v) is 3.79. The summed E-state index contributed by atoms with van der Waals surface area (Å²) in [6, 6.07) is 6.04. The lowest BCUT2D eigenvalue weighted by Crippen LogP contribution is -1.94. The van der Waals surface area contributed by atoms with Crippen molar-refractivity contribution >= 4 is 0 Å². The molecule has 0 aliphatic rings. The second kappa shape index (κ2) is 9.82. The molecule has 0 aromatic carbocycles. The van der Waals surface area contributed by atoms with E-state index in [4.69, 9.17) is 9.47 Å². The van der Waals surface area contributed by atoms with Crippen LogP contribution in [0.2, 0.25) is 0 Å². The van der Waals surface area contributed by atoms with E-state index in [0.29, 0.717) is 17.7 Å². The van der Waals surface area contributed by atoms with Gasteiger partial charge in [-0.3, -0.25) is 4.98 Å². The third-order valence-electron chi connectivity index (χ3n) is 3.79. The summed E-state index contributed by atoms with van der Waals surface area (Å²) in [5, 5.41) is 0. The Bertz CT molecular complexity index is 585. The number of rotatable bonds is 5. The van der Waals surface area contributed by atoms with Gasteiger partial charge in [0.15, 0.2) is 0 Å². The Labute approximate surface area is 139 Å². The molecule has 2 heterocycles. The molecule has 0 aliphatic carbocycles. The minimum absolute atomic E-state index is 0.512. The summed E-state index contributed by atoms with van der Waals surface area (Å²) in [6.07, 6.45) is 6.52. The largest absolute Gasteiger partial charge is 0.495 e. The summed E-state index contributed by atoms with van der Waals surface area (Å²) >= 11 is 0. The highest BCUT2D eigenvalue weighted by Crippen LogP contribution is 2.20. The summed E-state index contributed by atoms with van der Waals surface area (Å²) in [4.78, 5) is 8.10. The normalized spacial score (nSPS) is 11.4. The van der Waals surface area contributed by atoms with Crippen molar-refractivity contribution in [2.24, 2.45) is 0 Å². The van der Waals surface area contributed by atoms with Gasteiger partial charge in [0.25, 0.3) is 0 Å². The summed E-state index contributed by atoms with van der Waals surface area (Å²) in [6.45, 7) is 8.65. The average Bonchev–Trinajstić information content (AvgIpc) is 2.61. The Morgan fingerprint density at radius 3 is 2.30 bits per heavy atom. The van der Waals surface area contributed by atoms with Gasteiger partial charge in [-0.1, -0.05) is 27.7 Å². The molecule has 126 valence electrons. The molecule has 2 aromatic heterocycles. The van der Waals surface area contributed by atoms with Crippen molar-refractivity contribution in [2.45, 2.75) is 46.0 Å². The lowest BCUT2D eigenvalue weighted by atomic mass is 10.0. The molecular formula is C19H28N2O2. The molecule has 0 spiro atoms. The zero-order valence-corrected chi connectivity index (χ0v) is 15.0. The number of methoxy groups -OCH3 is 2. The van der Waals surface area contributed by atoms with Crippen LogP contribution in [0.5, 0.6) is 11.6 Å². The van der Waals surface area contributed by atoms with Crippen LogP contribution >= 0.6 is 0 Å². The third kappa shape index (κ3) is 6.27. The van der Waals surface area contributed by atoms with Crippen LogP contribution in [0.15, 0.2) is 36.8 Å². The first-order valence-electron chi connectivity index (χ1n) is 8.00. The van der Waals surface area contributed by atoms with Gasteiger partial charge in [0.05, 0.1) is 20.4 Å². The van der Waals surface area contributed by atoms with E-state index in [1.807, 2.05) is 24.4 Å². The average molecular weight is 316 g/mol. The topological polar surface area (TPSA) is 44.2 Å². The molecule has 0 radical (unpaired) electrons. The molecule has 2 rings (SSSR count). The Hall–Kier alpha value is -2.10. The zero-order chi connectivity index (χ0) is 17.2. The summed E-state index contributed by atoms with van der Waals surface area (Å²) in [5.74, 6) is 2.63. The maximum absolute atomic E-state index is 5.04. The summed E-state index contributed by atoms with van der Waals surface area (Å²) < 4.78 is 10.1. The molecule has 23 heavy (non-hydrogen) atoms. The number of pyridine rings is 2. The van der Waals surface area contributed by atoms with E-state index in [1.54, 1.807) is 26.6 Å². The molecule has 0 fully saturated rings. The van der Waals surface area contributed by atoms with Gasteiger partial charge >= 0.3 is 0 Å². The fourth-order valence-corrected chi connectivity index (χ4v) is 1.94. The van der Waals surface area contributed by atoms with Crippen LogP contribution < -0.4 is 9.47 Å². The lowest BCUT2D eigenvalue weighted by Gasteiger charge is -2.08. The smallest absolute Gasteiger partial charge is 0.213 e. The molecule has 1 unspecified atom stereocenters. The second-order valence-electron chi connectivity index (χ2n) is 5.75. The van der Waals surface area contributed by atoms with Crippen molar-refractivity contribution in [3.8, 4) is 11.6 Å². The molecule has 4 heteroatoms. The zero-order valence-electron chi connectivity index (χ0n) is 15.0. The molecule has 0 aliphatic heterocycles. The first kappa shape index (κ1) is 18.9. The van der Waals surface area contributed by atoms with Crippen molar-refractivity contribution in [3.63, 3.8) is 0 Å². The van der Waals surface area contributed by atoms with Gasteiger partial charge < -0.3 is 9.47 Å². The molecule has 0 bridgehead atoms. The van der Waals surface area contributed by atoms with Gasteiger partial charge in [-0.25, -0.2) is 4.98 Å². The van der Waals surface area contributed by atoms with Crippen molar-refractivity contribution in [3.05, 3.63) is 47.9 Å². The van der Waals surface area contributed by atoms with E-state index in [0.717, 1.165) is 12.2 Å². The van der Waals surface area contributed by atoms with Gasteiger partial charge in [-0.2, -0.15) is 0 Å². The van der Waals surface area contributed by atoms with Crippen LogP contribution in [-0.2, 0) is 0 Å². The number of hydrogen-bond acceptors (Lipinski definition) is 4. The molecular weight excluding hydrogens is 288 g/mol. The predicted molar refractivity (Wildman–Crippen MR) is 94.4 cm³/mol. The summed E-state index contributed by atoms with van der Waals surface area (Å²) in [7, 11) is 3.30. The Balaban J connectivity index is 0.000000231. The molecule has 0 saturated carbocycles. The number of aromatic nitrogens is 2. The fourth-order valence-electron chi connectivity index (χ4n) is 1.94. The van der Waals surface area contributed by atoms with Crippen LogP contribution in [0, 0.1) is 0 Å². The molecule has 0 saturated heterocycles. The number of nitrogens with zero attached hydrogens (tertiary/aromatic N) is 2. The quantitative estimate of drug-likeness (QED) is 0.793. The Morgan fingerprint density at radius 1 is 1.00 bits per heavy atom. The van der Waals surface area contributed by atoms with Crippen molar-refractivity contribution in [1.82, 2.24) is 9.97 Å². The lowest BCUT2D eigenvalue weighted by molar-refractivity contribution is 0.397. The second-order valence-corrected chi connectivity index (χ2v) is 5.75. The molecule has 4 nitrogen and oxygen atoms in total. The highest BCUT2D eigenvalue weighted by Gasteiger charge is 2.03. The molecule has 0 N–H and O–H groups in total. The van der Waals surface area contributed by atoms with Crippen LogP contribution in [0.4, 0.5) is 0 Å². The van der Waals surface area contributed by atoms with Crippen LogP contribution in [0.25, 0.3) is 0 Å². The minimum atomic E-state index is 0.512. The standard InChI is InChI=1S/C10H15NO.C9H13NO/c1-4-8(2)9-5-6-11-10(7-9)12-3;1-7(2)8-4-9(11-3)6-10-5-8/h5-8H,4H2,1-3H3;4-7H,1-3H3. The number of ether oxygens (including phenoxy) is 2. The molecule has 2 aromatic rings. The van der Waals surface area contributed by atoms with E-state index in [-0.39, 0.29) is 0 Å².